The van der Waals surface area contributed by atoms with Crippen molar-refractivity contribution in [1.82, 2.24) is 5.43 Å². The molecule has 0 aliphatic carbocycles. The van der Waals surface area contributed by atoms with Crippen molar-refractivity contribution < 1.29 is 19.9 Å². The Labute approximate surface area is 179 Å². The molecule has 3 aromatic carbocycles. The molecule has 0 aromatic heterocycles. The fourth-order valence-corrected chi connectivity index (χ4v) is 3.30. The zero-order chi connectivity index (χ0) is 21.7. The fourth-order valence-electron chi connectivity index (χ4n) is 2.84. The summed E-state index contributed by atoms with van der Waals surface area (Å²) < 4.78 is 0.106. The Morgan fingerprint density at radius 3 is 2.10 bits per heavy atom. The minimum absolute atomic E-state index is 0.0133. The number of non-ortho nitro benzene ring substituents is 1. The van der Waals surface area contributed by atoms with Crippen molar-refractivity contribution >= 4 is 33.7 Å². The molecule has 8 nitrogen and oxygen atoms in total. The van der Waals surface area contributed by atoms with Crippen LogP contribution in [0.1, 0.15) is 16.7 Å². The summed E-state index contributed by atoms with van der Waals surface area (Å²) in [6.07, 6.45) is 1.06. The lowest BCUT2D eigenvalue weighted by atomic mass is 9.85. The lowest BCUT2D eigenvalue weighted by Crippen LogP contribution is -2.43. The van der Waals surface area contributed by atoms with Gasteiger partial charge in [-0.2, -0.15) is 5.10 Å². The van der Waals surface area contributed by atoms with E-state index in [-0.39, 0.29) is 21.5 Å². The van der Waals surface area contributed by atoms with Gasteiger partial charge in [0, 0.05) is 17.7 Å². The van der Waals surface area contributed by atoms with E-state index in [1.54, 1.807) is 60.7 Å². The number of aliphatic hydroxyl groups is 1. The van der Waals surface area contributed by atoms with Crippen molar-refractivity contribution in [3.63, 3.8) is 0 Å². The predicted molar refractivity (Wildman–Crippen MR) is 114 cm³/mol. The number of phenolic OH excluding ortho intramolecular Hbond substituents is 1. The second kappa shape index (κ2) is 8.85. The summed E-state index contributed by atoms with van der Waals surface area (Å²) in [5.74, 6) is -1.11. The number of phenols is 1. The number of nitro benzene ring substituents is 1. The maximum Gasteiger partial charge on any atom is 0.281 e. The van der Waals surface area contributed by atoms with E-state index in [9.17, 15) is 25.1 Å². The molecule has 30 heavy (non-hydrogen) atoms. The first-order valence-corrected chi connectivity index (χ1v) is 9.47. The molecule has 0 saturated heterocycles. The molecule has 0 radical (unpaired) electrons. The summed E-state index contributed by atoms with van der Waals surface area (Å²) in [5.41, 5.74) is 0.648. The molecule has 0 spiro atoms. The van der Waals surface area contributed by atoms with Crippen LogP contribution in [0.25, 0.3) is 0 Å². The Bertz CT molecular complexity index is 1060. The van der Waals surface area contributed by atoms with E-state index >= 15 is 0 Å². The van der Waals surface area contributed by atoms with E-state index in [2.05, 4.69) is 26.5 Å². The third kappa shape index (κ3) is 4.22. The van der Waals surface area contributed by atoms with Gasteiger partial charge in [0.1, 0.15) is 5.75 Å². The predicted octanol–water partition coefficient (Wildman–Crippen LogP) is 3.45. The van der Waals surface area contributed by atoms with Gasteiger partial charge in [0.15, 0.2) is 5.60 Å². The molecular formula is C21H16BrN3O5. The summed E-state index contributed by atoms with van der Waals surface area (Å²) in [5, 5.41) is 36.1. The number of nitrogens with zero attached hydrogens (tertiary/aromatic N) is 2. The van der Waals surface area contributed by atoms with Crippen LogP contribution < -0.4 is 5.43 Å². The van der Waals surface area contributed by atoms with E-state index in [0.717, 1.165) is 18.3 Å². The van der Waals surface area contributed by atoms with Gasteiger partial charge in [0.05, 0.1) is 15.6 Å². The number of nitrogens with one attached hydrogen (secondary N) is 1. The smallest absolute Gasteiger partial charge is 0.281 e. The number of hydrogen-bond acceptors (Lipinski definition) is 6. The molecule has 0 aliphatic rings. The van der Waals surface area contributed by atoms with E-state index in [4.69, 9.17) is 0 Å². The SMILES string of the molecule is O=C(NN=Cc1cc([N+](=O)[O-])cc(Br)c1O)C(O)(c1ccccc1)c1ccccc1. The zero-order valence-electron chi connectivity index (χ0n) is 15.4. The summed E-state index contributed by atoms with van der Waals surface area (Å²) in [6.45, 7) is 0. The van der Waals surface area contributed by atoms with Crippen molar-refractivity contribution in [2.24, 2.45) is 5.10 Å². The molecular weight excluding hydrogens is 454 g/mol. The first-order chi connectivity index (χ1) is 14.3. The normalized spacial score (nSPS) is 11.4. The van der Waals surface area contributed by atoms with Gasteiger partial charge in [-0.25, -0.2) is 5.43 Å². The van der Waals surface area contributed by atoms with Gasteiger partial charge in [-0.1, -0.05) is 60.7 Å². The van der Waals surface area contributed by atoms with Crippen LogP contribution in [-0.2, 0) is 10.4 Å². The molecule has 0 heterocycles. The Morgan fingerprint density at radius 1 is 1.07 bits per heavy atom. The number of benzene rings is 3. The van der Waals surface area contributed by atoms with Gasteiger partial charge >= 0.3 is 0 Å². The monoisotopic (exact) mass is 469 g/mol. The number of hydrogen-bond donors (Lipinski definition) is 3. The number of carbonyl (C=O) groups is 1. The molecule has 3 rings (SSSR count). The largest absolute Gasteiger partial charge is 0.506 e. The average molecular weight is 470 g/mol. The Morgan fingerprint density at radius 2 is 1.60 bits per heavy atom. The molecule has 0 unspecified atom stereocenters. The molecule has 3 N–H and O–H groups in total. The molecule has 0 fully saturated rings. The average Bonchev–Trinajstić information content (AvgIpc) is 2.76. The van der Waals surface area contributed by atoms with Gasteiger partial charge in [-0.3, -0.25) is 14.9 Å². The van der Waals surface area contributed by atoms with Gasteiger partial charge in [-0.05, 0) is 27.1 Å². The maximum atomic E-state index is 12.9. The standard InChI is InChI=1S/C21H16BrN3O5/c22-18-12-17(25(29)30)11-14(19(18)26)13-23-24-20(27)21(28,15-7-3-1-4-8-15)16-9-5-2-6-10-16/h1-13,26,28H,(H,24,27). The lowest BCUT2D eigenvalue weighted by Gasteiger charge is -2.27. The molecule has 152 valence electrons. The van der Waals surface area contributed by atoms with Crippen molar-refractivity contribution in [2.75, 3.05) is 0 Å². The van der Waals surface area contributed by atoms with E-state index < -0.39 is 16.4 Å². The molecule has 0 saturated carbocycles. The van der Waals surface area contributed by atoms with E-state index in [1.807, 2.05) is 0 Å². The Hall–Kier alpha value is -3.56. The van der Waals surface area contributed by atoms with Crippen LogP contribution in [0.5, 0.6) is 5.75 Å². The molecule has 9 heteroatoms. The molecule has 1 amide bonds. The van der Waals surface area contributed by atoms with Crippen LogP contribution in [0.4, 0.5) is 5.69 Å². The van der Waals surface area contributed by atoms with Crippen molar-refractivity contribution in [3.05, 3.63) is 104 Å². The number of amides is 1. The first kappa shape index (κ1) is 21.2. The van der Waals surface area contributed by atoms with Crippen LogP contribution in [0.3, 0.4) is 0 Å². The summed E-state index contributed by atoms with van der Waals surface area (Å²) in [4.78, 5) is 23.3. The van der Waals surface area contributed by atoms with Crippen molar-refractivity contribution in [3.8, 4) is 5.75 Å². The Balaban J connectivity index is 1.92. The summed E-state index contributed by atoms with van der Waals surface area (Å²) in [6, 6.07) is 19.0. The number of aromatic hydroxyl groups is 1. The van der Waals surface area contributed by atoms with Gasteiger partial charge < -0.3 is 10.2 Å². The minimum Gasteiger partial charge on any atom is -0.506 e. The number of hydrazone groups is 1. The number of rotatable bonds is 6. The molecule has 0 bridgehead atoms. The Kier molecular flexibility index (Phi) is 6.24. The van der Waals surface area contributed by atoms with Crippen molar-refractivity contribution in [1.29, 1.82) is 0 Å². The minimum atomic E-state index is -2.02. The van der Waals surface area contributed by atoms with E-state index in [0.29, 0.717) is 11.1 Å². The number of nitro groups is 1. The fraction of sp³-hybridized carbons (Fsp3) is 0.0476. The second-order valence-electron chi connectivity index (χ2n) is 6.26. The number of carbonyl (C=O) groups excluding carboxylic acids is 1. The van der Waals surface area contributed by atoms with Crippen LogP contribution in [0, 0.1) is 10.1 Å². The first-order valence-electron chi connectivity index (χ1n) is 8.68. The summed E-state index contributed by atoms with van der Waals surface area (Å²) >= 11 is 3.04. The van der Waals surface area contributed by atoms with E-state index in [1.165, 1.54) is 0 Å². The highest BCUT2D eigenvalue weighted by molar-refractivity contribution is 9.10. The van der Waals surface area contributed by atoms with Crippen LogP contribution in [-0.4, -0.2) is 27.3 Å². The van der Waals surface area contributed by atoms with Crippen LogP contribution in [0.15, 0.2) is 82.4 Å². The zero-order valence-corrected chi connectivity index (χ0v) is 17.0. The molecule has 3 aromatic rings. The number of halogens is 1. The van der Waals surface area contributed by atoms with Gasteiger partial charge in [0.2, 0.25) is 0 Å². The van der Waals surface area contributed by atoms with Crippen molar-refractivity contribution in [2.45, 2.75) is 5.60 Å². The quantitative estimate of drug-likeness (QED) is 0.289. The highest BCUT2D eigenvalue weighted by atomic mass is 79.9. The topological polar surface area (TPSA) is 125 Å². The molecule has 0 atom stereocenters. The highest BCUT2D eigenvalue weighted by Crippen LogP contribution is 2.32. The highest BCUT2D eigenvalue weighted by Gasteiger charge is 2.39. The lowest BCUT2D eigenvalue weighted by molar-refractivity contribution is -0.385. The summed E-state index contributed by atoms with van der Waals surface area (Å²) in [7, 11) is 0. The van der Waals surface area contributed by atoms with Gasteiger partial charge in [0.25, 0.3) is 11.6 Å². The third-order valence-electron chi connectivity index (χ3n) is 4.37. The van der Waals surface area contributed by atoms with Crippen LogP contribution >= 0.6 is 15.9 Å². The molecule has 0 aliphatic heterocycles. The second-order valence-corrected chi connectivity index (χ2v) is 7.12. The van der Waals surface area contributed by atoms with Crippen LogP contribution in [0.2, 0.25) is 0 Å². The third-order valence-corrected chi connectivity index (χ3v) is 4.97. The van der Waals surface area contributed by atoms with Gasteiger partial charge in [-0.15, -0.1) is 0 Å². The maximum absolute atomic E-state index is 12.9.